The third kappa shape index (κ3) is 8.05. The molecule has 4 nitrogen and oxygen atoms in total. The molecule has 1 heterocycles. The molecule has 0 bridgehead atoms. The molecule has 26 heavy (non-hydrogen) atoms. The van der Waals surface area contributed by atoms with Crippen molar-refractivity contribution in [2.75, 3.05) is 6.54 Å². The van der Waals surface area contributed by atoms with Gasteiger partial charge >= 0.3 is 0 Å². The molecular formula is C20H30IN3OS. The summed E-state index contributed by atoms with van der Waals surface area (Å²) >= 11 is 1.77. The zero-order valence-electron chi connectivity index (χ0n) is 16.0. The third-order valence-electron chi connectivity index (χ3n) is 3.72. The average Bonchev–Trinajstić information content (AvgIpc) is 3.01. The average molecular weight is 487 g/mol. The number of nitrogens with one attached hydrogen (secondary N) is 2. The van der Waals surface area contributed by atoms with Crippen LogP contribution in [0.1, 0.15) is 42.3 Å². The molecule has 0 saturated carbocycles. The van der Waals surface area contributed by atoms with Crippen LogP contribution in [0.25, 0.3) is 0 Å². The number of hydrogen-bond acceptors (Lipinski definition) is 3. The largest absolute Gasteiger partial charge is 0.374 e. The first-order chi connectivity index (χ1) is 12.1. The van der Waals surface area contributed by atoms with Crippen molar-refractivity contribution in [1.82, 2.24) is 10.6 Å². The van der Waals surface area contributed by atoms with Gasteiger partial charge < -0.3 is 15.4 Å². The van der Waals surface area contributed by atoms with Gasteiger partial charge in [0.2, 0.25) is 0 Å². The Morgan fingerprint density at radius 1 is 1.19 bits per heavy atom. The minimum absolute atomic E-state index is 0. The fraction of sp³-hybridized carbons (Fsp3) is 0.450. The first-order valence-electron chi connectivity index (χ1n) is 8.83. The monoisotopic (exact) mass is 487 g/mol. The standard InChI is InChI=1S/C20H29N3OS.HI/c1-5-21-20(23-13-19-16(4)9-10-25-19)22-12-17-7-6-8-18(11-17)14-24-15(2)3;/h6-11,15H,5,12-14H2,1-4H3,(H2,21,22,23);1H. The van der Waals surface area contributed by atoms with E-state index in [1.165, 1.54) is 21.6 Å². The summed E-state index contributed by atoms with van der Waals surface area (Å²) in [6, 6.07) is 10.6. The van der Waals surface area contributed by atoms with E-state index in [-0.39, 0.29) is 30.1 Å². The summed E-state index contributed by atoms with van der Waals surface area (Å²) in [6.07, 6.45) is 0.243. The maximum atomic E-state index is 5.68. The molecule has 0 unspecified atom stereocenters. The van der Waals surface area contributed by atoms with Crippen LogP contribution in [-0.4, -0.2) is 18.6 Å². The highest BCUT2D eigenvalue weighted by Gasteiger charge is 2.03. The minimum Gasteiger partial charge on any atom is -0.374 e. The maximum Gasteiger partial charge on any atom is 0.191 e. The lowest BCUT2D eigenvalue weighted by molar-refractivity contribution is 0.0657. The Balaban J connectivity index is 0.00000338. The lowest BCUT2D eigenvalue weighted by atomic mass is 10.1. The number of thiophene rings is 1. The van der Waals surface area contributed by atoms with E-state index in [0.717, 1.165) is 19.0 Å². The van der Waals surface area contributed by atoms with Gasteiger partial charge in [-0.1, -0.05) is 24.3 Å². The molecular weight excluding hydrogens is 457 g/mol. The summed E-state index contributed by atoms with van der Waals surface area (Å²) in [6.45, 7) is 11.3. The van der Waals surface area contributed by atoms with Gasteiger partial charge in [-0.2, -0.15) is 0 Å². The summed E-state index contributed by atoms with van der Waals surface area (Å²) in [5, 5.41) is 8.85. The smallest absolute Gasteiger partial charge is 0.191 e. The second-order valence-electron chi connectivity index (χ2n) is 6.26. The fourth-order valence-electron chi connectivity index (χ4n) is 2.34. The Morgan fingerprint density at radius 2 is 1.96 bits per heavy atom. The SMILES string of the molecule is CCNC(=NCc1cccc(COC(C)C)c1)NCc1sccc1C.I. The van der Waals surface area contributed by atoms with Gasteiger partial charge in [-0.15, -0.1) is 35.3 Å². The van der Waals surface area contributed by atoms with Crippen LogP contribution in [0.3, 0.4) is 0 Å². The number of ether oxygens (including phenoxy) is 1. The summed E-state index contributed by atoms with van der Waals surface area (Å²) in [4.78, 5) is 6.05. The van der Waals surface area contributed by atoms with E-state index in [9.17, 15) is 0 Å². The first-order valence-corrected chi connectivity index (χ1v) is 9.71. The molecule has 144 valence electrons. The molecule has 0 fully saturated rings. The van der Waals surface area contributed by atoms with Gasteiger partial charge in [0.15, 0.2) is 5.96 Å². The van der Waals surface area contributed by atoms with Gasteiger partial charge in [-0.05, 0) is 55.8 Å². The van der Waals surface area contributed by atoms with Crippen LogP contribution in [0, 0.1) is 6.92 Å². The van der Waals surface area contributed by atoms with E-state index in [0.29, 0.717) is 13.2 Å². The maximum absolute atomic E-state index is 5.68. The molecule has 2 aromatic rings. The summed E-state index contributed by atoms with van der Waals surface area (Å²) in [7, 11) is 0. The number of halogens is 1. The number of guanidine groups is 1. The summed E-state index contributed by atoms with van der Waals surface area (Å²) in [5.74, 6) is 0.846. The Kier molecular flexibility index (Phi) is 10.8. The van der Waals surface area contributed by atoms with Crippen molar-refractivity contribution >= 4 is 41.3 Å². The van der Waals surface area contributed by atoms with Crippen LogP contribution < -0.4 is 10.6 Å². The van der Waals surface area contributed by atoms with Crippen LogP contribution in [0.5, 0.6) is 0 Å². The molecule has 0 atom stereocenters. The quantitative estimate of drug-likeness (QED) is 0.318. The van der Waals surface area contributed by atoms with Crippen LogP contribution in [-0.2, 0) is 24.4 Å². The highest BCUT2D eigenvalue weighted by molar-refractivity contribution is 14.0. The van der Waals surface area contributed by atoms with E-state index in [1.54, 1.807) is 11.3 Å². The van der Waals surface area contributed by atoms with Crippen molar-refractivity contribution in [3.63, 3.8) is 0 Å². The molecule has 0 aliphatic carbocycles. The number of hydrogen-bond donors (Lipinski definition) is 2. The summed E-state index contributed by atoms with van der Waals surface area (Å²) < 4.78 is 5.68. The van der Waals surface area contributed by atoms with Crippen LogP contribution in [0.15, 0.2) is 40.7 Å². The first kappa shape index (κ1) is 22.9. The Bertz CT molecular complexity index is 685. The number of aliphatic imine (C=N–C) groups is 1. The second kappa shape index (κ2) is 12.3. The van der Waals surface area contributed by atoms with Crippen molar-refractivity contribution in [2.45, 2.75) is 53.5 Å². The van der Waals surface area contributed by atoms with Crippen molar-refractivity contribution in [3.8, 4) is 0 Å². The Labute approximate surface area is 178 Å². The lowest BCUT2D eigenvalue weighted by Crippen LogP contribution is -2.36. The molecule has 1 aromatic carbocycles. The van der Waals surface area contributed by atoms with Gasteiger partial charge in [0.1, 0.15) is 0 Å². The minimum atomic E-state index is 0. The molecule has 0 amide bonds. The van der Waals surface area contributed by atoms with Crippen molar-refractivity contribution in [3.05, 3.63) is 57.3 Å². The van der Waals surface area contributed by atoms with Gasteiger partial charge in [-0.3, -0.25) is 0 Å². The van der Waals surface area contributed by atoms with Gasteiger partial charge in [0, 0.05) is 11.4 Å². The highest BCUT2D eigenvalue weighted by atomic mass is 127. The van der Waals surface area contributed by atoms with Gasteiger partial charge in [-0.25, -0.2) is 4.99 Å². The zero-order chi connectivity index (χ0) is 18.1. The van der Waals surface area contributed by atoms with E-state index >= 15 is 0 Å². The van der Waals surface area contributed by atoms with Gasteiger partial charge in [0.25, 0.3) is 0 Å². The normalized spacial score (nSPS) is 11.3. The predicted octanol–water partition coefficient (Wildman–Crippen LogP) is 4.85. The van der Waals surface area contributed by atoms with E-state index in [1.807, 2.05) is 0 Å². The number of benzene rings is 1. The van der Waals surface area contributed by atoms with Crippen LogP contribution >= 0.6 is 35.3 Å². The molecule has 1 aromatic heterocycles. The molecule has 2 rings (SSSR count). The van der Waals surface area contributed by atoms with E-state index < -0.39 is 0 Å². The van der Waals surface area contributed by atoms with E-state index in [4.69, 9.17) is 9.73 Å². The van der Waals surface area contributed by atoms with Gasteiger partial charge in [0.05, 0.1) is 25.8 Å². The van der Waals surface area contributed by atoms with Crippen LogP contribution in [0.2, 0.25) is 0 Å². The molecule has 6 heteroatoms. The summed E-state index contributed by atoms with van der Waals surface area (Å²) in [5.41, 5.74) is 3.70. The Hall–Kier alpha value is -1.12. The molecule has 0 saturated heterocycles. The fourth-order valence-corrected chi connectivity index (χ4v) is 3.19. The lowest BCUT2D eigenvalue weighted by Gasteiger charge is -2.12. The third-order valence-corrected chi connectivity index (χ3v) is 4.75. The topological polar surface area (TPSA) is 45.7 Å². The number of nitrogens with zero attached hydrogens (tertiary/aromatic N) is 1. The molecule has 0 aliphatic heterocycles. The number of rotatable bonds is 8. The van der Waals surface area contributed by atoms with Crippen molar-refractivity contribution < 1.29 is 4.74 Å². The zero-order valence-corrected chi connectivity index (χ0v) is 19.2. The molecule has 0 aliphatic rings. The van der Waals surface area contributed by atoms with Crippen LogP contribution in [0.4, 0.5) is 0 Å². The molecule has 2 N–H and O–H groups in total. The molecule has 0 spiro atoms. The van der Waals surface area contributed by atoms with Crippen molar-refractivity contribution in [2.24, 2.45) is 4.99 Å². The van der Waals surface area contributed by atoms with Crippen molar-refractivity contribution in [1.29, 1.82) is 0 Å². The predicted molar refractivity (Wildman–Crippen MR) is 122 cm³/mol. The second-order valence-corrected chi connectivity index (χ2v) is 7.26. The highest BCUT2D eigenvalue weighted by Crippen LogP contribution is 2.14. The number of aryl methyl sites for hydroxylation is 1. The van der Waals surface area contributed by atoms with E-state index in [2.05, 4.69) is 74.0 Å². The molecule has 0 radical (unpaired) electrons. The Morgan fingerprint density at radius 3 is 2.62 bits per heavy atom.